The highest BCUT2D eigenvalue weighted by Crippen LogP contribution is 2.29. The molecule has 0 saturated carbocycles. The van der Waals surface area contributed by atoms with E-state index in [1.807, 2.05) is 114 Å². The lowest BCUT2D eigenvalue weighted by Gasteiger charge is -2.19. The predicted molar refractivity (Wildman–Crippen MR) is 343 cm³/mol. The predicted octanol–water partition coefficient (Wildman–Crippen LogP) is 14.9. The zero-order valence-corrected chi connectivity index (χ0v) is 50.2. The minimum atomic E-state index is -0.864. The molecule has 6 aromatic heterocycles. The molecule has 0 bridgehead atoms. The number of nitrogens with zero attached hydrogens (tertiary/aromatic N) is 7. The van der Waals surface area contributed by atoms with Crippen LogP contribution in [0.1, 0.15) is 81.6 Å². The molecule has 0 spiro atoms. The Bertz CT molecular complexity index is 3740. The summed E-state index contributed by atoms with van der Waals surface area (Å²) in [6.07, 6.45) is 12.1. The van der Waals surface area contributed by atoms with Gasteiger partial charge in [-0.1, -0.05) is 64.9 Å². The van der Waals surface area contributed by atoms with E-state index in [0.717, 1.165) is 82.8 Å². The number of nitrogens with one attached hydrogen (secondary N) is 4. The van der Waals surface area contributed by atoms with Gasteiger partial charge in [-0.15, -0.1) is 11.3 Å². The molecule has 4 aromatic carbocycles. The van der Waals surface area contributed by atoms with Crippen molar-refractivity contribution < 1.29 is 29.0 Å². The van der Waals surface area contributed by atoms with Crippen LogP contribution in [-0.2, 0) is 9.47 Å². The molecule has 0 aliphatic carbocycles. The summed E-state index contributed by atoms with van der Waals surface area (Å²) in [4.78, 5) is 53.2. The van der Waals surface area contributed by atoms with E-state index in [-0.39, 0.29) is 31.2 Å². The van der Waals surface area contributed by atoms with Gasteiger partial charge in [0.25, 0.3) is 0 Å². The molecule has 7 heterocycles. The number of hydrogen-bond acceptors (Lipinski definition) is 17. The number of ether oxygens (including phenoxy) is 2. The Morgan fingerprint density at radius 2 is 1.53 bits per heavy atom. The number of anilines is 4. The number of aromatic carboxylic acids is 1. The number of carboxylic acids is 1. The van der Waals surface area contributed by atoms with Gasteiger partial charge < -0.3 is 47.4 Å². The Hall–Kier alpha value is -7.77. The summed E-state index contributed by atoms with van der Waals surface area (Å²) < 4.78 is 14.5. The van der Waals surface area contributed by atoms with E-state index in [4.69, 9.17) is 55.0 Å². The van der Waals surface area contributed by atoms with Crippen LogP contribution >= 0.6 is 66.4 Å². The number of hydrogen-bond donors (Lipinski definition) is 8. The Labute approximate surface area is 511 Å². The highest BCUT2D eigenvalue weighted by atomic mass is 79.9. The number of fused-ring (bicyclic) bond motifs is 4. The Morgan fingerprint density at radius 1 is 0.867 bits per heavy atom. The van der Waals surface area contributed by atoms with Crippen molar-refractivity contribution in [1.82, 2.24) is 44.9 Å². The molecule has 25 heteroatoms. The lowest BCUT2D eigenvalue weighted by Crippen LogP contribution is -2.27. The van der Waals surface area contributed by atoms with E-state index in [1.54, 1.807) is 55.9 Å². The standard InChI is InChI=1S/C16H16ClN5O2.C12H10ClN5.C10H8BrNO.C9H5BrO2S.C5H10N2.C4H9NO.2CH4/c1-16(2,3)24-15(23)22-12-5-4-11(8-10(12)9-19-22)20-13-6-7-18-14(17)21-13;1-7-8-6-15-18-10(8)3-2-9(7)16-11-4-5-14-12(13)17-11;1-6(13)9-4-7-2-3-8(11)5-10(7)12-9;10-6-2-1-5-3-8(9(11)12)13-7(5)4-6;1-2-3-5(7)4-6;5-4-1-2-6-3-4;;/h4-9H,1-3H3,(H,18,20,21);2-6H,1H3,(H,15,18)(H,14,16,17);2-5,12H,1H3;1-4H,(H,11,12);2-4H,6-7H2,1H3;4H,1-3,5H2;2*1H4/b;;;;3-2-,5-4+;;;. The first-order valence-electron chi connectivity index (χ1n) is 24.6. The largest absolute Gasteiger partial charge is 0.477 e. The molecule has 1 unspecified atom stereocenters. The van der Waals surface area contributed by atoms with Crippen LogP contribution in [0.5, 0.6) is 0 Å². The van der Waals surface area contributed by atoms with Crippen LogP contribution in [0, 0.1) is 6.92 Å². The number of H-pyrrole nitrogens is 2. The van der Waals surface area contributed by atoms with Crippen molar-refractivity contribution in [3.63, 3.8) is 0 Å². The monoisotopic (exact) mass is 1310 g/mol. The van der Waals surface area contributed by atoms with Gasteiger partial charge >= 0.3 is 12.1 Å². The highest BCUT2D eigenvalue weighted by Gasteiger charge is 2.20. The molecule has 20 nitrogen and oxygen atoms in total. The summed E-state index contributed by atoms with van der Waals surface area (Å²) in [5.74, 6) is 0.444. The molecule has 1 atom stereocenters. The highest BCUT2D eigenvalue weighted by molar-refractivity contribution is 9.10. The van der Waals surface area contributed by atoms with Crippen molar-refractivity contribution in [2.45, 2.75) is 74.5 Å². The lowest BCUT2D eigenvalue weighted by atomic mass is 10.1. The molecule has 1 aliphatic heterocycles. The van der Waals surface area contributed by atoms with E-state index in [2.05, 4.69) is 82.7 Å². The maximum atomic E-state index is 12.2. The maximum absolute atomic E-state index is 12.2. The molecule has 1 fully saturated rings. The van der Waals surface area contributed by atoms with Gasteiger partial charge in [0.2, 0.25) is 10.6 Å². The molecule has 0 amide bonds. The van der Waals surface area contributed by atoms with E-state index < -0.39 is 17.7 Å². The van der Waals surface area contributed by atoms with Crippen molar-refractivity contribution in [3.8, 4) is 0 Å². The molecule has 1 saturated heterocycles. The average Bonchev–Trinajstić information content (AvgIpc) is 4.08. The second kappa shape index (κ2) is 32.2. The minimum absolute atomic E-state index is 0. The zero-order valence-electron chi connectivity index (χ0n) is 44.7. The number of ketones is 1. The average molecular weight is 1320 g/mol. The van der Waals surface area contributed by atoms with Crippen LogP contribution in [0.3, 0.4) is 0 Å². The Balaban J connectivity index is 0.000000225. The van der Waals surface area contributed by atoms with Crippen LogP contribution in [0.4, 0.5) is 27.8 Å². The van der Waals surface area contributed by atoms with Crippen molar-refractivity contribution in [2.24, 2.45) is 17.2 Å². The summed E-state index contributed by atoms with van der Waals surface area (Å²) >= 11 is 19.5. The number of aromatic amines is 2. The number of aromatic nitrogens is 9. The molecule has 11 rings (SSSR count). The third-order valence-electron chi connectivity index (χ3n) is 11.0. The number of carbonyl (C=O) groups excluding carboxylic acids is 2. The molecular formula is C58H66Br2Cl2N14O6S. The molecule has 0 radical (unpaired) electrons. The summed E-state index contributed by atoms with van der Waals surface area (Å²) in [6, 6.07) is 28.4. The van der Waals surface area contributed by atoms with E-state index in [9.17, 15) is 14.4 Å². The number of Topliss-reactive ketones (excluding diaryl/α,β-unsaturated/α-hetero) is 1. The Morgan fingerprint density at radius 3 is 2.10 bits per heavy atom. The van der Waals surface area contributed by atoms with Gasteiger partial charge in [0, 0.05) is 90.6 Å². The van der Waals surface area contributed by atoms with Crippen LogP contribution in [-0.4, -0.2) is 92.7 Å². The van der Waals surface area contributed by atoms with Crippen LogP contribution in [0.25, 0.3) is 42.8 Å². The number of carbonyl (C=O) groups is 3. The molecule has 11 N–H and O–H groups in total. The number of benzene rings is 4. The van der Waals surface area contributed by atoms with E-state index >= 15 is 0 Å². The topological polar surface area (TPSA) is 306 Å². The van der Waals surface area contributed by atoms with E-state index in [0.29, 0.717) is 39.5 Å². The third kappa shape index (κ3) is 20.9. The van der Waals surface area contributed by atoms with Gasteiger partial charge in [-0.2, -0.15) is 14.9 Å². The third-order valence-corrected chi connectivity index (χ3v) is 13.4. The smallest absolute Gasteiger partial charge is 0.435 e. The fourth-order valence-electron chi connectivity index (χ4n) is 7.15. The van der Waals surface area contributed by atoms with E-state index in [1.165, 1.54) is 22.2 Å². The normalized spacial score (nSPS) is 12.6. The second-order valence-corrected chi connectivity index (χ2v) is 22.0. The van der Waals surface area contributed by atoms with Gasteiger partial charge in [0.1, 0.15) is 22.1 Å². The fourth-order valence-corrected chi connectivity index (χ4v) is 9.26. The molecule has 1 aliphatic rings. The number of allylic oxidation sites excluding steroid dienone is 2. The van der Waals surface area contributed by atoms with Crippen molar-refractivity contribution in [2.75, 3.05) is 23.8 Å². The minimum Gasteiger partial charge on any atom is -0.477 e. The molecule has 438 valence electrons. The number of nitrogens with two attached hydrogens (primary N) is 3. The second-order valence-electron chi connectivity index (χ2n) is 18.4. The summed E-state index contributed by atoms with van der Waals surface area (Å²) in [6.45, 7) is 12.5. The Kier molecular flexibility index (Phi) is 26.3. The van der Waals surface area contributed by atoms with Gasteiger partial charge in [-0.05, 0) is 160 Å². The number of carboxylic acid groups (broad SMARTS) is 1. The lowest BCUT2D eigenvalue weighted by molar-refractivity contribution is 0.0522. The first kappa shape index (κ1) is 67.7. The van der Waals surface area contributed by atoms with Crippen LogP contribution in [0.2, 0.25) is 10.6 Å². The van der Waals surface area contributed by atoms with Gasteiger partial charge in [-0.3, -0.25) is 9.89 Å². The molecule has 10 aromatic rings. The van der Waals surface area contributed by atoms with Crippen LogP contribution in [0.15, 0.2) is 149 Å². The molecular weight excluding hydrogens is 1250 g/mol. The number of thiophene rings is 1. The quantitative estimate of drug-likeness (QED) is 0.0418. The summed E-state index contributed by atoms with van der Waals surface area (Å²) in [5, 5.41) is 30.5. The molecule has 83 heavy (non-hydrogen) atoms. The zero-order chi connectivity index (χ0) is 58.8. The van der Waals surface area contributed by atoms with Gasteiger partial charge in [0.15, 0.2) is 5.78 Å². The summed E-state index contributed by atoms with van der Waals surface area (Å²) in [7, 11) is 0. The maximum Gasteiger partial charge on any atom is 0.435 e. The first-order valence-corrected chi connectivity index (χ1v) is 27.8. The number of aryl methyl sites for hydroxylation is 1. The SMILES string of the molecule is C.C.C/C=C\C(N)=C/N.CC(=O)c1cc2ccc(Br)cc2[nH]1.CC(C)(C)OC(=O)n1ncc2cc(Nc3ccnc(Cl)n3)ccc21.Cc1c(Nc2ccnc(Cl)n2)ccc2[nH]ncc12.NC1CCOC1.O=C(O)c1cc2ccc(Br)cc2s1. The van der Waals surface area contributed by atoms with Gasteiger partial charge in [0.05, 0.1) is 35.7 Å². The summed E-state index contributed by atoms with van der Waals surface area (Å²) in [5.41, 5.74) is 21.9. The van der Waals surface area contributed by atoms with Gasteiger partial charge in [-0.25, -0.2) is 29.5 Å². The van der Waals surface area contributed by atoms with Crippen molar-refractivity contribution in [3.05, 3.63) is 175 Å². The number of halogens is 4. The fraction of sp³-hybridized carbons (Fsp3) is 0.224. The van der Waals surface area contributed by atoms with Crippen LogP contribution < -0.4 is 27.8 Å². The van der Waals surface area contributed by atoms with Crippen molar-refractivity contribution >= 4 is 150 Å². The van der Waals surface area contributed by atoms with Crippen molar-refractivity contribution in [1.29, 1.82) is 0 Å². The number of rotatable bonds is 7. The first-order chi connectivity index (χ1) is 38.6.